The summed E-state index contributed by atoms with van der Waals surface area (Å²) >= 11 is 4.77. The number of alkyl halides is 3. The average Bonchev–Trinajstić information content (AvgIpc) is 2.34. The molecule has 1 rings (SSSR count). The summed E-state index contributed by atoms with van der Waals surface area (Å²) in [5, 5.41) is 0. The third kappa shape index (κ3) is 4.65. The molecular weight excluding hydrogens is 325 g/mol. The van der Waals surface area contributed by atoms with E-state index >= 15 is 0 Å². The van der Waals surface area contributed by atoms with Crippen LogP contribution in [0.5, 0.6) is 0 Å². The fourth-order valence-electron chi connectivity index (χ4n) is 1.60. The normalized spacial score (nSPS) is 12.7. The summed E-state index contributed by atoms with van der Waals surface area (Å²) in [6.45, 7) is 0.899. The molecule has 2 N–H and O–H groups in total. The van der Waals surface area contributed by atoms with E-state index < -0.39 is 29.2 Å². The lowest BCUT2D eigenvalue weighted by atomic mass is 10.1. The molecule has 9 heteroatoms. The summed E-state index contributed by atoms with van der Waals surface area (Å²) in [6, 6.07) is 4.35. The summed E-state index contributed by atoms with van der Waals surface area (Å²) in [7, 11) is -2.92. The van der Waals surface area contributed by atoms with Gasteiger partial charge in [0.15, 0.2) is 0 Å². The Hall–Kier alpha value is -1.19. The molecule has 4 nitrogen and oxygen atoms in total. The molecule has 0 aromatic heterocycles. The van der Waals surface area contributed by atoms with Gasteiger partial charge in [0.1, 0.15) is 4.99 Å². The predicted octanol–water partition coefficient (Wildman–Crippen LogP) is 2.20. The first kappa shape index (κ1) is 17.9. The predicted molar refractivity (Wildman–Crippen MR) is 77.6 cm³/mol. The van der Waals surface area contributed by atoms with Crippen molar-refractivity contribution in [1.29, 1.82) is 0 Å². The molecule has 0 spiro atoms. The first-order valence-electron chi connectivity index (χ1n) is 5.88. The molecule has 0 amide bonds. The highest BCUT2D eigenvalue weighted by atomic mass is 32.2. The highest BCUT2D eigenvalue weighted by molar-refractivity contribution is 7.89. The van der Waals surface area contributed by atoms with E-state index in [1.54, 1.807) is 13.0 Å². The molecule has 0 fully saturated rings. The van der Waals surface area contributed by atoms with Crippen LogP contribution >= 0.6 is 12.2 Å². The zero-order chi connectivity index (χ0) is 16.4. The quantitative estimate of drug-likeness (QED) is 0.835. The Bertz CT molecular complexity index is 642. The van der Waals surface area contributed by atoms with Gasteiger partial charge in [-0.1, -0.05) is 24.4 Å². The van der Waals surface area contributed by atoms with Crippen LogP contribution in [0.4, 0.5) is 13.2 Å². The molecule has 0 radical (unpaired) electrons. The summed E-state index contributed by atoms with van der Waals surface area (Å²) < 4.78 is 61.9. The Labute approximate surface area is 126 Å². The van der Waals surface area contributed by atoms with Crippen molar-refractivity contribution in [1.82, 2.24) is 4.31 Å². The number of halogens is 3. The molecule has 118 valence electrons. The van der Waals surface area contributed by atoms with Gasteiger partial charge in [-0.3, -0.25) is 0 Å². The summed E-state index contributed by atoms with van der Waals surface area (Å²) in [5.74, 6) is 0. The van der Waals surface area contributed by atoms with Crippen LogP contribution in [0.2, 0.25) is 0 Å². The zero-order valence-corrected chi connectivity index (χ0v) is 13.1. The van der Waals surface area contributed by atoms with Crippen LogP contribution in [0.25, 0.3) is 0 Å². The van der Waals surface area contributed by atoms with E-state index in [-0.39, 0.29) is 9.88 Å². The Morgan fingerprint density at radius 3 is 2.43 bits per heavy atom. The van der Waals surface area contributed by atoms with Crippen molar-refractivity contribution >= 4 is 27.2 Å². The van der Waals surface area contributed by atoms with Gasteiger partial charge < -0.3 is 5.73 Å². The second-order valence-corrected chi connectivity index (χ2v) is 6.99. The third-order valence-corrected chi connectivity index (χ3v) is 5.11. The first-order valence-corrected chi connectivity index (χ1v) is 7.73. The number of rotatable bonds is 5. The molecule has 0 saturated heterocycles. The van der Waals surface area contributed by atoms with Gasteiger partial charge in [-0.2, -0.15) is 13.2 Å². The van der Waals surface area contributed by atoms with Crippen LogP contribution in [0.3, 0.4) is 0 Å². The fraction of sp³-hybridized carbons (Fsp3) is 0.417. The number of benzene rings is 1. The largest absolute Gasteiger partial charge is 0.390 e. The van der Waals surface area contributed by atoms with Crippen molar-refractivity contribution in [2.45, 2.75) is 24.4 Å². The van der Waals surface area contributed by atoms with Gasteiger partial charge in [0.05, 0.1) is 11.3 Å². The van der Waals surface area contributed by atoms with E-state index in [1.807, 2.05) is 0 Å². The lowest BCUT2D eigenvalue weighted by molar-refractivity contribution is -0.135. The molecule has 1 aromatic rings. The number of hydrogen-bond donors (Lipinski definition) is 1. The molecule has 0 saturated carbocycles. The number of sulfonamides is 1. The van der Waals surface area contributed by atoms with Gasteiger partial charge in [0.2, 0.25) is 10.0 Å². The van der Waals surface area contributed by atoms with E-state index in [1.165, 1.54) is 12.1 Å². The van der Waals surface area contributed by atoms with Crippen LogP contribution in [-0.4, -0.2) is 37.5 Å². The van der Waals surface area contributed by atoms with Gasteiger partial charge in [-0.25, -0.2) is 12.7 Å². The maximum Gasteiger partial charge on any atom is 0.390 e. The maximum atomic E-state index is 12.3. The van der Waals surface area contributed by atoms with Crippen LogP contribution < -0.4 is 5.73 Å². The number of thiocarbonyl (C=S) groups is 1. The lowest BCUT2D eigenvalue weighted by Gasteiger charge is -2.19. The lowest BCUT2D eigenvalue weighted by Crippen LogP contribution is -2.31. The van der Waals surface area contributed by atoms with Gasteiger partial charge in [-0.05, 0) is 18.6 Å². The molecule has 21 heavy (non-hydrogen) atoms. The van der Waals surface area contributed by atoms with Crippen molar-refractivity contribution < 1.29 is 21.6 Å². The SMILES string of the molecule is Cc1ccc(C(N)=S)cc1S(=O)(=O)N(C)CCC(F)(F)F. The first-order chi connectivity index (χ1) is 9.45. The Kier molecular flexibility index (Phi) is 5.35. The highest BCUT2D eigenvalue weighted by Gasteiger charge is 2.31. The molecule has 0 bridgehead atoms. The standard InChI is InChI=1S/C12H15F3N2O2S2/c1-8-3-4-9(11(16)20)7-10(8)21(18,19)17(2)6-5-12(13,14)15/h3-4,7H,5-6H2,1-2H3,(H2,16,20). The highest BCUT2D eigenvalue weighted by Crippen LogP contribution is 2.24. The fourth-order valence-corrected chi connectivity index (χ4v) is 3.15. The zero-order valence-electron chi connectivity index (χ0n) is 11.4. The topological polar surface area (TPSA) is 63.4 Å². The summed E-state index contributed by atoms with van der Waals surface area (Å²) in [6.07, 6.45) is -5.63. The van der Waals surface area contributed by atoms with Crippen LogP contribution in [0.15, 0.2) is 23.1 Å². The molecule has 0 aliphatic rings. The van der Waals surface area contributed by atoms with Crippen LogP contribution in [0.1, 0.15) is 17.5 Å². The van der Waals surface area contributed by atoms with E-state index in [0.29, 0.717) is 15.4 Å². The minimum atomic E-state index is -4.42. The second kappa shape index (κ2) is 6.29. The van der Waals surface area contributed by atoms with Crippen molar-refractivity contribution in [3.63, 3.8) is 0 Å². The van der Waals surface area contributed by atoms with Crippen molar-refractivity contribution in [2.24, 2.45) is 5.73 Å². The minimum Gasteiger partial charge on any atom is -0.389 e. The van der Waals surface area contributed by atoms with Gasteiger partial charge in [0, 0.05) is 19.2 Å². The Balaban J connectivity index is 3.12. The van der Waals surface area contributed by atoms with E-state index in [2.05, 4.69) is 0 Å². The monoisotopic (exact) mass is 340 g/mol. The van der Waals surface area contributed by atoms with E-state index in [4.69, 9.17) is 18.0 Å². The molecular formula is C12H15F3N2O2S2. The second-order valence-electron chi connectivity index (χ2n) is 4.54. The van der Waals surface area contributed by atoms with Crippen molar-refractivity contribution in [2.75, 3.05) is 13.6 Å². The summed E-state index contributed by atoms with van der Waals surface area (Å²) in [4.78, 5) is -0.0816. The van der Waals surface area contributed by atoms with Gasteiger partial charge in [-0.15, -0.1) is 0 Å². The molecule has 0 heterocycles. The minimum absolute atomic E-state index is 0.0180. The Morgan fingerprint density at radius 2 is 1.95 bits per heavy atom. The number of nitrogens with two attached hydrogens (primary N) is 1. The number of hydrogen-bond acceptors (Lipinski definition) is 3. The molecule has 1 aromatic carbocycles. The smallest absolute Gasteiger partial charge is 0.389 e. The van der Waals surface area contributed by atoms with Crippen LogP contribution in [0, 0.1) is 6.92 Å². The Morgan fingerprint density at radius 1 is 1.38 bits per heavy atom. The van der Waals surface area contributed by atoms with E-state index in [9.17, 15) is 21.6 Å². The average molecular weight is 340 g/mol. The number of aryl methyl sites for hydroxylation is 1. The molecule has 0 unspecified atom stereocenters. The molecule has 0 aliphatic carbocycles. The maximum absolute atomic E-state index is 12.3. The van der Waals surface area contributed by atoms with Crippen LogP contribution in [-0.2, 0) is 10.0 Å². The molecule has 0 atom stereocenters. The summed E-state index contributed by atoms with van der Waals surface area (Å²) in [5.41, 5.74) is 6.20. The third-order valence-electron chi connectivity index (χ3n) is 2.87. The van der Waals surface area contributed by atoms with Gasteiger partial charge >= 0.3 is 6.18 Å². The van der Waals surface area contributed by atoms with E-state index in [0.717, 1.165) is 7.05 Å². The molecule has 0 aliphatic heterocycles. The van der Waals surface area contributed by atoms with Crippen molar-refractivity contribution in [3.05, 3.63) is 29.3 Å². The van der Waals surface area contributed by atoms with Crippen molar-refractivity contribution in [3.8, 4) is 0 Å². The van der Waals surface area contributed by atoms with Gasteiger partial charge in [0.25, 0.3) is 0 Å². The number of nitrogens with zero attached hydrogens (tertiary/aromatic N) is 1.